The van der Waals surface area contributed by atoms with Crippen molar-refractivity contribution in [3.8, 4) is 5.75 Å². The highest BCUT2D eigenvalue weighted by Gasteiger charge is 2.06. The summed E-state index contributed by atoms with van der Waals surface area (Å²) in [5, 5.41) is 3.26. The van der Waals surface area contributed by atoms with Gasteiger partial charge >= 0.3 is 0 Å². The lowest BCUT2D eigenvalue weighted by Gasteiger charge is -2.04. The molecule has 0 atom stereocenters. The molecule has 0 aliphatic rings. The van der Waals surface area contributed by atoms with E-state index in [2.05, 4.69) is 16.4 Å². The van der Waals surface area contributed by atoms with E-state index < -0.39 is 0 Å². The molecule has 2 heterocycles. The van der Waals surface area contributed by atoms with Crippen LogP contribution in [-0.4, -0.2) is 4.98 Å². The minimum absolute atomic E-state index is 0.537. The Morgan fingerprint density at radius 3 is 3.00 bits per heavy atom. The van der Waals surface area contributed by atoms with Crippen molar-refractivity contribution in [3.63, 3.8) is 0 Å². The van der Waals surface area contributed by atoms with Crippen LogP contribution < -0.4 is 10.5 Å². The molecule has 0 unspecified atom stereocenters. The Bertz CT molecular complexity index is 664. The molecule has 0 saturated heterocycles. The number of fused-ring (bicyclic) bond motifs is 1. The molecule has 3 nitrogen and oxygen atoms in total. The second kappa shape index (κ2) is 4.66. The summed E-state index contributed by atoms with van der Waals surface area (Å²) in [4.78, 5) is 4.02. The molecule has 0 saturated carbocycles. The standard InChI is InChI=1S/C14H12N2OS/c15-13-5-1-4-12-10(9-18-14(12)13)8-17-11-3-2-6-16-7-11/h1-7,9H,8,15H2. The number of hydrogen-bond donors (Lipinski definition) is 1. The van der Waals surface area contributed by atoms with Crippen LogP contribution in [0.2, 0.25) is 0 Å². The molecule has 3 aromatic rings. The Labute approximate surface area is 109 Å². The van der Waals surface area contributed by atoms with E-state index in [0.717, 1.165) is 21.7 Å². The highest BCUT2D eigenvalue weighted by molar-refractivity contribution is 7.18. The first kappa shape index (κ1) is 11.0. The number of thiophene rings is 1. The van der Waals surface area contributed by atoms with Crippen molar-refractivity contribution in [2.45, 2.75) is 6.61 Å². The molecule has 0 aliphatic carbocycles. The lowest BCUT2D eigenvalue weighted by atomic mass is 10.2. The highest BCUT2D eigenvalue weighted by atomic mass is 32.1. The Morgan fingerprint density at radius 2 is 2.17 bits per heavy atom. The minimum atomic E-state index is 0.537. The molecule has 18 heavy (non-hydrogen) atoms. The second-order valence-electron chi connectivity index (χ2n) is 3.96. The SMILES string of the molecule is Nc1cccc2c(COc3cccnc3)csc12. The van der Waals surface area contributed by atoms with Gasteiger partial charge in [0.15, 0.2) is 0 Å². The predicted octanol–water partition coefficient (Wildman–Crippen LogP) is 3.46. The topological polar surface area (TPSA) is 48.1 Å². The highest BCUT2D eigenvalue weighted by Crippen LogP contribution is 2.31. The van der Waals surface area contributed by atoms with E-state index in [4.69, 9.17) is 10.5 Å². The zero-order chi connectivity index (χ0) is 12.4. The van der Waals surface area contributed by atoms with Crippen LogP contribution in [0, 0.1) is 0 Å². The van der Waals surface area contributed by atoms with Crippen LogP contribution in [0.25, 0.3) is 10.1 Å². The smallest absolute Gasteiger partial charge is 0.138 e. The second-order valence-corrected chi connectivity index (χ2v) is 4.84. The Hall–Kier alpha value is -2.07. The summed E-state index contributed by atoms with van der Waals surface area (Å²) in [6.45, 7) is 0.537. The summed E-state index contributed by atoms with van der Waals surface area (Å²) in [7, 11) is 0. The maximum atomic E-state index is 5.94. The van der Waals surface area contributed by atoms with Crippen molar-refractivity contribution in [1.29, 1.82) is 0 Å². The summed E-state index contributed by atoms with van der Waals surface area (Å²) in [5.41, 5.74) is 7.92. The third-order valence-electron chi connectivity index (χ3n) is 2.74. The van der Waals surface area contributed by atoms with Crippen LogP contribution in [0.3, 0.4) is 0 Å². The van der Waals surface area contributed by atoms with Gasteiger partial charge < -0.3 is 10.5 Å². The molecule has 1 aromatic carbocycles. The van der Waals surface area contributed by atoms with Gasteiger partial charge in [0.05, 0.1) is 10.9 Å². The number of nitrogens with zero attached hydrogens (tertiary/aromatic N) is 1. The molecule has 90 valence electrons. The summed E-state index contributed by atoms with van der Waals surface area (Å²) in [6.07, 6.45) is 3.44. The van der Waals surface area contributed by atoms with E-state index in [-0.39, 0.29) is 0 Å². The van der Waals surface area contributed by atoms with E-state index in [1.165, 1.54) is 5.39 Å². The lowest BCUT2D eigenvalue weighted by Crippen LogP contribution is -1.94. The van der Waals surface area contributed by atoms with Gasteiger partial charge in [0.25, 0.3) is 0 Å². The van der Waals surface area contributed by atoms with E-state index in [1.807, 2.05) is 24.3 Å². The average molecular weight is 256 g/mol. The van der Waals surface area contributed by atoms with Crippen molar-refractivity contribution in [1.82, 2.24) is 4.98 Å². The fraction of sp³-hybridized carbons (Fsp3) is 0.0714. The van der Waals surface area contributed by atoms with E-state index >= 15 is 0 Å². The maximum Gasteiger partial charge on any atom is 0.138 e. The summed E-state index contributed by atoms with van der Waals surface area (Å²) < 4.78 is 6.83. The summed E-state index contributed by atoms with van der Waals surface area (Å²) >= 11 is 1.66. The number of nitrogen functional groups attached to an aromatic ring is 1. The molecule has 3 rings (SSSR count). The molecule has 0 aliphatic heterocycles. The third-order valence-corrected chi connectivity index (χ3v) is 3.83. The largest absolute Gasteiger partial charge is 0.487 e. The number of ether oxygens (including phenoxy) is 1. The molecule has 4 heteroatoms. The predicted molar refractivity (Wildman–Crippen MR) is 74.8 cm³/mol. The van der Waals surface area contributed by atoms with Gasteiger partial charge in [0, 0.05) is 22.8 Å². The number of hydrogen-bond acceptors (Lipinski definition) is 4. The first-order chi connectivity index (χ1) is 8.84. The van der Waals surface area contributed by atoms with E-state index in [0.29, 0.717) is 6.61 Å². The first-order valence-electron chi connectivity index (χ1n) is 5.62. The summed E-state index contributed by atoms with van der Waals surface area (Å²) in [5.74, 6) is 0.778. The van der Waals surface area contributed by atoms with Crippen molar-refractivity contribution >= 4 is 27.1 Å². The zero-order valence-electron chi connectivity index (χ0n) is 9.67. The van der Waals surface area contributed by atoms with E-state index in [1.54, 1.807) is 23.7 Å². The van der Waals surface area contributed by atoms with Crippen LogP contribution in [0.1, 0.15) is 5.56 Å². The van der Waals surface area contributed by atoms with E-state index in [9.17, 15) is 0 Å². The first-order valence-corrected chi connectivity index (χ1v) is 6.50. The van der Waals surface area contributed by atoms with Crippen molar-refractivity contribution in [2.75, 3.05) is 5.73 Å². The number of anilines is 1. The monoisotopic (exact) mass is 256 g/mol. The number of benzene rings is 1. The minimum Gasteiger partial charge on any atom is -0.487 e. The van der Waals surface area contributed by atoms with Gasteiger partial charge in [-0.25, -0.2) is 0 Å². The van der Waals surface area contributed by atoms with Gasteiger partial charge in [0.2, 0.25) is 0 Å². The van der Waals surface area contributed by atoms with Crippen molar-refractivity contribution in [2.24, 2.45) is 0 Å². The molecule has 0 spiro atoms. The van der Waals surface area contributed by atoms with Gasteiger partial charge in [-0.2, -0.15) is 0 Å². The molecular weight excluding hydrogens is 244 g/mol. The lowest BCUT2D eigenvalue weighted by molar-refractivity contribution is 0.307. The zero-order valence-corrected chi connectivity index (χ0v) is 10.5. The van der Waals surface area contributed by atoms with Crippen LogP contribution in [0.5, 0.6) is 5.75 Å². The number of pyridine rings is 1. The summed E-state index contributed by atoms with van der Waals surface area (Å²) in [6, 6.07) is 9.72. The van der Waals surface area contributed by atoms with Gasteiger partial charge in [-0.1, -0.05) is 12.1 Å². The third kappa shape index (κ3) is 2.02. The average Bonchev–Trinajstić information content (AvgIpc) is 2.82. The molecular formula is C14H12N2OS. The Kier molecular flexibility index (Phi) is 2.86. The molecule has 2 aromatic heterocycles. The van der Waals surface area contributed by atoms with Gasteiger partial charge in [-0.05, 0) is 23.6 Å². The fourth-order valence-electron chi connectivity index (χ4n) is 1.84. The van der Waals surface area contributed by atoms with Crippen LogP contribution >= 0.6 is 11.3 Å². The molecule has 0 radical (unpaired) electrons. The molecule has 2 N–H and O–H groups in total. The molecule has 0 fully saturated rings. The van der Waals surface area contributed by atoms with Crippen LogP contribution in [0.4, 0.5) is 5.69 Å². The van der Waals surface area contributed by atoms with Gasteiger partial charge in [-0.3, -0.25) is 4.98 Å². The maximum absolute atomic E-state index is 5.94. The number of rotatable bonds is 3. The van der Waals surface area contributed by atoms with Gasteiger partial charge in [0.1, 0.15) is 12.4 Å². The molecule has 0 amide bonds. The van der Waals surface area contributed by atoms with Crippen molar-refractivity contribution < 1.29 is 4.74 Å². The fourth-order valence-corrected chi connectivity index (χ4v) is 2.82. The Balaban J connectivity index is 1.85. The number of aromatic nitrogens is 1. The molecule has 0 bridgehead atoms. The van der Waals surface area contributed by atoms with Crippen LogP contribution in [-0.2, 0) is 6.61 Å². The normalized spacial score (nSPS) is 10.7. The van der Waals surface area contributed by atoms with Gasteiger partial charge in [-0.15, -0.1) is 11.3 Å². The number of nitrogens with two attached hydrogens (primary N) is 1. The quantitative estimate of drug-likeness (QED) is 0.730. The van der Waals surface area contributed by atoms with Crippen LogP contribution in [0.15, 0.2) is 48.1 Å². The Morgan fingerprint density at radius 1 is 1.22 bits per heavy atom. The van der Waals surface area contributed by atoms with Crippen molar-refractivity contribution in [3.05, 3.63) is 53.7 Å².